The van der Waals surface area contributed by atoms with Gasteiger partial charge >= 0.3 is 5.97 Å². The van der Waals surface area contributed by atoms with E-state index in [9.17, 15) is 19.8 Å². The first kappa shape index (κ1) is 84.6. The van der Waals surface area contributed by atoms with Crippen molar-refractivity contribution in [1.82, 2.24) is 5.32 Å². The van der Waals surface area contributed by atoms with Crippen LogP contribution in [0.15, 0.2) is 12.2 Å². The number of nitrogens with one attached hydrogen (secondary N) is 1. The van der Waals surface area contributed by atoms with Crippen molar-refractivity contribution in [3.63, 3.8) is 0 Å². The van der Waals surface area contributed by atoms with E-state index in [4.69, 9.17) is 4.74 Å². The molecule has 0 bridgehead atoms. The van der Waals surface area contributed by atoms with Gasteiger partial charge in [0.2, 0.25) is 5.91 Å². The van der Waals surface area contributed by atoms with Crippen LogP contribution in [0, 0.1) is 0 Å². The topological polar surface area (TPSA) is 95.9 Å². The van der Waals surface area contributed by atoms with Gasteiger partial charge in [0.15, 0.2) is 0 Å². The van der Waals surface area contributed by atoms with E-state index < -0.39 is 12.1 Å². The van der Waals surface area contributed by atoms with Crippen molar-refractivity contribution < 1.29 is 24.5 Å². The maximum absolute atomic E-state index is 12.6. The number of aliphatic hydroxyl groups excluding tert-OH is 2. The molecule has 512 valence electrons. The van der Waals surface area contributed by atoms with Gasteiger partial charge in [-0.3, -0.25) is 9.59 Å². The summed E-state index contributed by atoms with van der Waals surface area (Å²) in [6.07, 6.45) is 96.2. The van der Waals surface area contributed by atoms with Crippen molar-refractivity contribution in [2.24, 2.45) is 0 Å². The second-order valence-corrected chi connectivity index (χ2v) is 27.8. The van der Waals surface area contributed by atoms with E-state index in [2.05, 4.69) is 19.2 Å². The van der Waals surface area contributed by atoms with Gasteiger partial charge in [-0.25, -0.2) is 0 Å². The van der Waals surface area contributed by atoms with Gasteiger partial charge in [0.25, 0.3) is 0 Å². The van der Waals surface area contributed by atoms with Gasteiger partial charge < -0.3 is 20.3 Å². The van der Waals surface area contributed by atoms with Gasteiger partial charge in [0.1, 0.15) is 0 Å². The summed E-state index contributed by atoms with van der Waals surface area (Å²) in [5.74, 6) is -0.0379. The highest BCUT2D eigenvalue weighted by Crippen LogP contribution is 2.20. The number of carbonyl (C=O) groups is 2. The van der Waals surface area contributed by atoms with Crippen LogP contribution in [-0.2, 0) is 14.3 Å². The molecule has 0 heterocycles. The molecular formula is C80H157NO5. The van der Waals surface area contributed by atoms with Crippen LogP contribution in [0.1, 0.15) is 463 Å². The fraction of sp³-hybridized carbons (Fsp3) is 0.950. The summed E-state index contributed by atoms with van der Waals surface area (Å²) in [6.45, 7) is 4.97. The van der Waals surface area contributed by atoms with Gasteiger partial charge in [0.05, 0.1) is 25.4 Å². The molecule has 2 unspecified atom stereocenters. The van der Waals surface area contributed by atoms with E-state index in [1.807, 2.05) is 6.08 Å². The number of carbonyl (C=O) groups excluding carboxylic acids is 2. The molecule has 0 spiro atoms. The molecule has 0 aromatic heterocycles. The summed E-state index contributed by atoms with van der Waals surface area (Å²) in [4.78, 5) is 24.7. The van der Waals surface area contributed by atoms with Gasteiger partial charge in [-0.1, -0.05) is 431 Å². The average molecular weight is 1210 g/mol. The Morgan fingerprint density at radius 2 is 0.535 bits per heavy atom. The number of esters is 1. The van der Waals surface area contributed by atoms with E-state index in [1.54, 1.807) is 6.08 Å². The number of hydrogen-bond donors (Lipinski definition) is 3. The third kappa shape index (κ3) is 71.7. The maximum atomic E-state index is 12.6. The molecule has 0 aromatic rings. The molecule has 0 saturated heterocycles. The van der Waals surface area contributed by atoms with Crippen molar-refractivity contribution in [1.29, 1.82) is 0 Å². The second-order valence-electron chi connectivity index (χ2n) is 27.8. The van der Waals surface area contributed by atoms with Crippen molar-refractivity contribution in [3.05, 3.63) is 12.2 Å². The molecule has 0 aliphatic heterocycles. The lowest BCUT2D eigenvalue weighted by molar-refractivity contribution is -0.143. The van der Waals surface area contributed by atoms with Crippen molar-refractivity contribution in [2.75, 3.05) is 13.2 Å². The van der Waals surface area contributed by atoms with Crippen LogP contribution in [0.4, 0.5) is 0 Å². The molecule has 6 nitrogen and oxygen atoms in total. The molecule has 2 atom stereocenters. The Kier molecular flexibility index (Phi) is 74.8. The van der Waals surface area contributed by atoms with Crippen LogP contribution in [0.2, 0.25) is 0 Å². The smallest absolute Gasteiger partial charge is 0.305 e. The van der Waals surface area contributed by atoms with Gasteiger partial charge in [-0.05, 0) is 32.1 Å². The predicted molar refractivity (Wildman–Crippen MR) is 380 cm³/mol. The summed E-state index contributed by atoms with van der Waals surface area (Å²) in [6, 6.07) is -0.628. The Labute approximate surface area is 539 Å². The van der Waals surface area contributed by atoms with E-state index in [0.29, 0.717) is 19.4 Å². The first-order chi connectivity index (χ1) is 42.5. The average Bonchev–Trinajstić information content (AvgIpc) is 3.54. The molecule has 0 fully saturated rings. The van der Waals surface area contributed by atoms with E-state index >= 15 is 0 Å². The van der Waals surface area contributed by atoms with Crippen LogP contribution in [0.3, 0.4) is 0 Å². The third-order valence-electron chi connectivity index (χ3n) is 19.1. The van der Waals surface area contributed by atoms with E-state index in [1.165, 1.54) is 398 Å². The van der Waals surface area contributed by atoms with Crippen molar-refractivity contribution in [3.8, 4) is 0 Å². The van der Waals surface area contributed by atoms with Crippen molar-refractivity contribution in [2.45, 2.75) is 475 Å². The number of aliphatic hydroxyl groups is 2. The minimum atomic E-state index is -0.844. The highest BCUT2D eigenvalue weighted by atomic mass is 16.5. The summed E-state index contributed by atoms with van der Waals surface area (Å²) >= 11 is 0. The van der Waals surface area contributed by atoms with Gasteiger partial charge in [-0.15, -0.1) is 0 Å². The number of rotatable bonds is 76. The summed E-state index contributed by atoms with van der Waals surface area (Å²) < 4.78 is 5.52. The Morgan fingerprint density at radius 1 is 0.314 bits per heavy atom. The van der Waals surface area contributed by atoms with Crippen LogP contribution in [0.5, 0.6) is 0 Å². The van der Waals surface area contributed by atoms with E-state index in [0.717, 1.165) is 38.5 Å². The number of amides is 1. The molecular weight excluding hydrogens is 1050 g/mol. The molecule has 0 saturated carbocycles. The second kappa shape index (κ2) is 76.1. The zero-order valence-electron chi connectivity index (χ0n) is 58.8. The monoisotopic (exact) mass is 1210 g/mol. The first-order valence-corrected chi connectivity index (χ1v) is 40.0. The zero-order chi connectivity index (χ0) is 62.0. The molecule has 1 amide bonds. The molecule has 6 heteroatoms. The minimum Gasteiger partial charge on any atom is -0.466 e. The molecule has 86 heavy (non-hydrogen) atoms. The third-order valence-corrected chi connectivity index (χ3v) is 19.1. The molecule has 0 radical (unpaired) electrons. The molecule has 0 aliphatic carbocycles. The zero-order valence-corrected chi connectivity index (χ0v) is 58.8. The number of unbranched alkanes of at least 4 members (excludes halogenated alkanes) is 65. The Bertz CT molecular complexity index is 1300. The summed E-state index contributed by atoms with van der Waals surface area (Å²) in [5.41, 5.74) is 0. The molecule has 0 aromatic carbocycles. The minimum absolute atomic E-state index is 0.0223. The van der Waals surface area contributed by atoms with Crippen molar-refractivity contribution >= 4 is 11.9 Å². The highest BCUT2D eigenvalue weighted by Gasteiger charge is 2.18. The molecule has 0 rings (SSSR count). The Hall–Kier alpha value is -1.40. The predicted octanol–water partition coefficient (Wildman–Crippen LogP) is 26.3. The molecule has 3 N–H and O–H groups in total. The molecule has 0 aliphatic rings. The van der Waals surface area contributed by atoms with Gasteiger partial charge in [0, 0.05) is 12.8 Å². The quantitative estimate of drug-likeness (QED) is 0.0320. The van der Waals surface area contributed by atoms with Crippen LogP contribution in [-0.4, -0.2) is 47.4 Å². The lowest BCUT2D eigenvalue weighted by atomic mass is 10.0. The van der Waals surface area contributed by atoms with Crippen LogP contribution < -0.4 is 5.32 Å². The normalized spacial score (nSPS) is 12.5. The SMILES string of the molecule is CCCCCCCCCCCCCCCCCCCCCCCCC/C=C/C(O)C(CO)NC(=O)CCCCCCCCCCCCCCCCCCCCCCCCCCCOC(=O)CCCCCCCCCCCCCCCCCCCCC. The summed E-state index contributed by atoms with van der Waals surface area (Å²) in [5, 5.41) is 23.3. The standard InChI is InChI=1S/C80H157NO5/c1-3-5-7-9-11-13-15-17-19-21-23-24-25-27-30-33-37-40-44-48-52-56-60-64-68-72-78(83)77(76-82)81-79(84)73-69-65-61-57-53-49-45-41-38-34-31-28-26-29-32-35-39-43-47-51-55-59-63-67-71-75-86-80(85)74-70-66-62-58-54-50-46-42-36-22-20-18-16-14-12-10-8-6-4-2/h68,72,77-78,82-83H,3-67,69-71,73-76H2,1-2H3,(H,81,84)/b72-68+. The van der Waals surface area contributed by atoms with E-state index in [-0.39, 0.29) is 18.5 Å². The largest absolute Gasteiger partial charge is 0.466 e. The lowest BCUT2D eigenvalue weighted by Crippen LogP contribution is -2.45. The lowest BCUT2D eigenvalue weighted by Gasteiger charge is -2.20. The van der Waals surface area contributed by atoms with Crippen LogP contribution in [0.25, 0.3) is 0 Å². The number of allylic oxidation sites excluding steroid dienone is 1. The highest BCUT2D eigenvalue weighted by molar-refractivity contribution is 5.76. The van der Waals surface area contributed by atoms with Gasteiger partial charge in [-0.2, -0.15) is 0 Å². The Balaban J connectivity index is 3.36. The fourth-order valence-electron chi connectivity index (χ4n) is 13.0. The number of ether oxygens (including phenoxy) is 1. The van der Waals surface area contributed by atoms with Crippen LogP contribution >= 0.6 is 0 Å². The summed E-state index contributed by atoms with van der Waals surface area (Å²) in [7, 11) is 0. The fourth-order valence-corrected chi connectivity index (χ4v) is 13.0. The maximum Gasteiger partial charge on any atom is 0.305 e. The Morgan fingerprint density at radius 3 is 0.791 bits per heavy atom. The number of hydrogen-bond acceptors (Lipinski definition) is 5. The first-order valence-electron chi connectivity index (χ1n) is 40.0.